The molecule has 9 nitrogen and oxygen atoms in total. The first-order chi connectivity index (χ1) is 18.3. The highest BCUT2D eigenvalue weighted by atomic mass is 19.1. The molecule has 0 unspecified atom stereocenters. The smallest absolute Gasteiger partial charge is 0.337 e. The van der Waals surface area contributed by atoms with Gasteiger partial charge in [-0.1, -0.05) is 18.2 Å². The average molecular weight is 518 g/mol. The minimum absolute atomic E-state index is 0.0355. The van der Waals surface area contributed by atoms with E-state index in [1.807, 2.05) is 6.07 Å². The molecule has 194 valence electrons. The molecule has 0 aliphatic rings. The highest BCUT2D eigenvalue weighted by molar-refractivity contribution is 6.09. The Morgan fingerprint density at radius 2 is 1.71 bits per heavy atom. The first-order valence-electron chi connectivity index (χ1n) is 11.4. The summed E-state index contributed by atoms with van der Waals surface area (Å²) in [5, 5.41) is 14.6. The number of methoxy groups -OCH3 is 1. The van der Waals surface area contributed by atoms with Crippen LogP contribution >= 0.6 is 0 Å². The summed E-state index contributed by atoms with van der Waals surface area (Å²) in [6, 6.07) is 18.3. The largest absolute Gasteiger partial charge is 0.490 e. The van der Waals surface area contributed by atoms with Gasteiger partial charge in [-0.05, 0) is 67.1 Å². The maximum Gasteiger partial charge on any atom is 0.337 e. The van der Waals surface area contributed by atoms with E-state index in [4.69, 9.17) is 9.47 Å². The number of carbonyl (C=O) groups excluding carboxylic acids is 3. The SMILES string of the molecule is CCOc1cc(/C=C(/C#N)C(=O)Nc2ccc(C(=O)OC)cc2)ccc1OCC(=O)Nc1ccccc1F. The number of halogens is 1. The van der Waals surface area contributed by atoms with Crippen LogP contribution in [0.1, 0.15) is 22.8 Å². The van der Waals surface area contributed by atoms with E-state index in [1.165, 1.54) is 61.7 Å². The van der Waals surface area contributed by atoms with E-state index >= 15 is 0 Å². The summed E-state index contributed by atoms with van der Waals surface area (Å²) in [6.45, 7) is 1.65. The number of nitriles is 1. The normalized spacial score (nSPS) is 10.6. The Bertz CT molecular complexity index is 1400. The number of esters is 1. The van der Waals surface area contributed by atoms with Crippen LogP contribution in [0.3, 0.4) is 0 Å². The van der Waals surface area contributed by atoms with Crippen molar-refractivity contribution in [1.82, 2.24) is 0 Å². The van der Waals surface area contributed by atoms with E-state index in [1.54, 1.807) is 25.1 Å². The molecule has 0 atom stereocenters. The number of carbonyl (C=O) groups is 3. The zero-order chi connectivity index (χ0) is 27.5. The van der Waals surface area contributed by atoms with Crippen molar-refractivity contribution in [2.24, 2.45) is 0 Å². The van der Waals surface area contributed by atoms with Gasteiger partial charge >= 0.3 is 5.97 Å². The molecule has 0 radical (unpaired) electrons. The summed E-state index contributed by atoms with van der Waals surface area (Å²) in [6.07, 6.45) is 1.37. The van der Waals surface area contributed by atoms with Gasteiger partial charge in [0.05, 0.1) is 25.0 Å². The Hall–Kier alpha value is -5.17. The Morgan fingerprint density at radius 3 is 2.37 bits per heavy atom. The fourth-order valence-electron chi connectivity index (χ4n) is 3.22. The molecule has 10 heteroatoms. The molecule has 0 fully saturated rings. The molecule has 0 saturated carbocycles. The second-order valence-electron chi connectivity index (χ2n) is 7.65. The predicted molar refractivity (Wildman–Crippen MR) is 138 cm³/mol. The summed E-state index contributed by atoms with van der Waals surface area (Å²) < 4.78 is 29.5. The van der Waals surface area contributed by atoms with Crippen molar-refractivity contribution in [2.75, 3.05) is 31.0 Å². The van der Waals surface area contributed by atoms with E-state index in [0.29, 0.717) is 16.8 Å². The third kappa shape index (κ3) is 7.41. The highest BCUT2D eigenvalue weighted by Crippen LogP contribution is 2.29. The van der Waals surface area contributed by atoms with Crippen LogP contribution < -0.4 is 20.1 Å². The van der Waals surface area contributed by atoms with Crippen molar-refractivity contribution < 1.29 is 33.0 Å². The van der Waals surface area contributed by atoms with Gasteiger partial charge in [0, 0.05) is 5.69 Å². The molecular weight excluding hydrogens is 493 g/mol. The molecule has 38 heavy (non-hydrogen) atoms. The minimum Gasteiger partial charge on any atom is -0.490 e. The number of hydrogen-bond acceptors (Lipinski definition) is 7. The minimum atomic E-state index is -0.651. The van der Waals surface area contributed by atoms with Gasteiger partial charge < -0.3 is 24.8 Å². The number of hydrogen-bond donors (Lipinski definition) is 2. The quantitative estimate of drug-likeness (QED) is 0.229. The third-order valence-corrected chi connectivity index (χ3v) is 5.01. The zero-order valence-corrected chi connectivity index (χ0v) is 20.6. The lowest BCUT2D eigenvalue weighted by Crippen LogP contribution is -2.21. The number of ether oxygens (including phenoxy) is 3. The maximum absolute atomic E-state index is 13.7. The van der Waals surface area contributed by atoms with Crippen molar-refractivity contribution in [3.63, 3.8) is 0 Å². The number of para-hydroxylation sites is 1. The van der Waals surface area contributed by atoms with E-state index in [9.17, 15) is 24.0 Å². The van der Waals surface area contributed by atoms with Crippen LogP contribution in [0.2, 0.25) is 0 Å². The Balaban J connectivity index is 1.70. The van der Waals surface area contributed by atoms with Crippen molar-refractivity contribution in [1.29, 1.82) is 5.26 Å². The van der Waals surface area contributed by atoms with Crippen LogP contribution in [0.4, 0.5) is 15.8 Å². The maximum atomic E-state index is 13.7. The second-order valence-corrected chi connectivity index (χ2v) is 7.65. The fourth-order valence-corrected chi connectivity index (χ4v) is 3.22. The summed E-state index contributed by atoms with van der Waals surface area (Å²) in [4.78, 5) is 36.4. The molecule has 0 saturated heterocycles. The highest BCUT2D eigenvalue weighted by Gasteiger charge is 2.14. The standard InChI is InChI=1S/C28H24FN3O6/c1-3-37-25-15-18(8-13-24(25)38-17-26(33)32-23-7-5-4-6-22(23)29)14-20(16-30)27(34)31-21-11-9-19(10-12-21)28(35)36-2/h4-15H,3,17H2,1-2H3,(H,31,34)(H,32,33)/b20-14-. The number of amides is 2. The van der Waals surface area contributed by atoms with Gasteiger partial charge in [0.25, 0.3) is 11.8 Å². The fraction of sp³-hybridized carbons (Fsp3) is 0.143. The van der Waals surface area contributed by atoms with Gasteiger partial charge in [-0.2, -0.15) is 5.26 Å². The topological polar surface area (TPSA) is 127 Å². The van der Waals surface area contributed by atoms with Gasteiger partial charge in [0.15, 0.2) is 18.1 Å². The predicted octanol–water partition coefficient (Wildman–Crippen LogP) is 4.57. The van der Waals surface area contributed by atoms with Crippen molar-refractivity contribution in [2.45, 2.75) is 6.92 Å². The molecule has 0 aliphatic carbocycles. The zero-order valence-electron chi connectivity index (χ0n) is 20.6. The van der Waals surface area contributed by atoms with E-state index in [0.717, 1.165) is 0 Å². The van der Waals surface area contributed by atoms with Crippen LogP contribution in [0.25, 0.3) is 6.08 Å². The van der Waals surface area contributed by atoms with E-state index < -0.39 is 30.2 Å². The molecule has 3 aromatic carbocycles. The van der Waals surface area contributed by atoms with E-state index in [2.05, 4.69) is 15.4 Å². The van der Waals surface area contributed by atoms with Crippen molar-refractivity contribution >= 4 is 35.2 Å². The molecule has 3 aromatic rings. The van der Waals surface area contributed by atoms with Crippen LogP contribution in [-0.2, 0) is 14.3 Å². The van der Waals surface area contributed by atoms with Crippen LogP contribution in [0, 0.1) is 17.1 Å². The van der Waals surface area contributed by atoms with Gasteiger partial charge in [0.2, 0.25) is 0 Å². The number of benzene rings is 3. The molecule has 0 aliphatic heterocycles. The van der Waals surface area contributed by atoms with Crippen LogP contribution in [0.15, 0.2) is 72.3 Å². The van der Waals surface area contributed by atoms with Gasteiger partial charge in [-0.15, -0.1) is 0 Å². The first-order valence-corrected chi connectivity index (χ1v) is 11.4. The average Bonchev–Trinajstić information content (AvgIpc) is 2.92. The van der Waals surface area contributed by atoms with Crippen molar-refractivity contribution in [3.8, 4) is 17.6 Å². The lowest BCUT2D eigenvalue weighted by atomic mass is 10.1. The summed E-state index contributed by atoms with van der Waals surface area (Å²) in [7, 11) is 1.27. The van der Waals surface area contributed by atoms with Crippen LogP contribution in [0.5, 0.6) is 11.5 Å². The van der Waals surface area contributed by atoms with Crippen molar-refractivity contribution in [3.05, 3.63) is 89.2 Å². The Morgan fingerprint density at radius 1 is 0.974 bits per heavy atom. The summed E-state index contributed by atoms with van der Waals surface area (Å²) in [5.74, 6) is -1.75. The summed E-state index contributed by atoms with van der Waals surface area (Å²) >= 11 is 0. The molecule has 0 heterocycles. The number of rotatable bonds is 10. The van der Waals surface area contributed by atoms with Crippen LogP contribution in [-0.4, -0.2) is 38.1 Å². The molecule has 0 spiro atoms. The molecule has 0 bridgehead atoms. The lowest BCUT2D eigenvalue weighted by molar-refractivity contribution is -0.118. The number of nitrogens with one attached hydrogen (secondary N) is 2. The molecule has 2 N–H and O–H groups in total. The number of nitrogens with zero attached hydrogens (tertiary/aromatic N) is 1. The third-order valence-electron chi connectivity index (χ3n) is 5.01. The molecule has 3 rings (SSSR count). The summed E-state index contributed by atoms with van der Waals surface area (Å²) in [5.41, 5.74) is 1.04. The Labute approximate surface area is 218 Å². The number of anilines is 2. The van der Waals surface area contributed by atoms with E-state index in [-0.39, 0.29) is 29.4 Å². The molecular formula is C28H24FN3O6. The lowest BCUT2D eigenvalue weighted by Gasteiger charge is -2.13. The monoisotopic (exact) mass is 517 g/mol. The molecule has 0 aromatic heterocycles. The Kier molecular flexibility index (Phi) is 9.54. The first kappa shape index (κ1) is 27.4. The van der Waals surface area contributed by atoms with Gasteiger partial charge in [-0.3, -0.25) is 9.59 Å². The van der Waals surface area contributed by atoms with Gasteiger partial charge in [0.1, 0.15) is 17.5 Å². The second kappa shape index (κ2) is 13.2. The molecule has 2 amide bonds. The van der Waals surface area contributed by atoms with Gasteiger partial charge in [-0.25, -0.2) is 9.18 Å².